The van der Waals surface area contributed by atoms with Gasteiger partial charge in [0.1, 0.15) is 5.82 Å². The summed E-state index contributed by atoms with van der Waals surface area (Å²) in [5.74, 6) is -2.41. The summed E-state index contributed by atoms with van der Waals surface area (Å²) >= 11 is 11.9. The van der Waals surface area contributed by atoms with Crippen LogP contribution in [0.1, 0.15) is 28.3 Å². The van der Waals surface area contributed by atoms with Gasteiger partial charge in [-0.25, -0.2) is 4.39 Å². The van der Waals surface area contributed by atoms with E-state index in [4.69, 9.17) is 27.9 Å². The van der Waals surface area contributed by atoms with Crippen LogP contribution in [0.3, 0.4) is 0 Å². The monoisotopic (exact) mass is 421 g/mol. The van der Waals surface area contributed by atoms with Crippen LogP contribution in [0.5, 0.6) is 0 Å². The second-order valence-corrected chi connectivity index (χ2v) is 7.42. The van der Waals surface area contributed by atoms with Crippen molar-refractivity contribution < 1.29 is 18.7 Å². The lowest BCUT2D eigenvalue weighted by Gasteiger charge is -2.22. The Morgan fingerprint density at radius 2 is 1.82 bits per heavy atom. The van der Waals surface area contributed by atoms with Gasteiger partial charge in [0, 0.05) is 27.2 Å². The van der Waals surface area contributed by atoms with Crippen LogP contribution in [0.2, 0.25) is 10.0 Å². The highest BCUT2D eigenvalue weighted by Crippen LogP contribution is 2.35. The number of ether oxygens (including phenoxy) is 1. The highest BCUT2D eigenvalue weighted by Gasteiger charge is 2.35. The second kappa shape index (κ2) is 8.76. The van der Waals surface area contributed by atoms with Crippen LogP contribution < -0.4 is 5.32 Å². The van der Waals surface area contributed by atoms with Gasteiger partial charge in [-0.15, -0.1) is 0 Å². The van der Waals surface area contributed by atoms with Crippen LogP contribution in [0.25, 0.3) is 0 Å². The lowest BCUT2D eigenvalue weighted by Crippen LogP contribution is -2.34. The smallest absolute Gasteiger partial charge is 0.313 e. The number of hydrogen-bond donors (Lipinski definition) is 1. The molecule has 1 amide bonds. The van der Waals surface area contributed by atoms with Crippen LogP contribution in [-0.4, -0.2) is 25.0 Å². The molecule has 0 unspecified atom stereocenters. The number of hydrogen-bond acceptors (Lipinski definition) is 3. The molecule has 28 heavy (non-hydrogen) atoms. The standard InChI is InChI=1S/C21H18Cl2FNO3/c1-28-21(27)19(17-4-2-3-5-18(17)24)12-6-7-16(10-12)25-20(26)13-8-14(22)11-15(23)9-13/h2-9,11-12,16,19H,10H2,1H3,(H,25,26)/t12-,16+,19-/m0/s1. The summed E-state index contributed by atoms with van der Waals surface area (Å²) in [6.45, 7) is 0. The minimum absolute atomic E-state index is 0.276. The third kappa shape index (κ3) is 4.54. The number of nitrogens with one attached hydrogen (secondary N) is 1. The first kappa shape index (κ1) is 20.4. The molecule has 2 aromatic carbocycles. The maximum atomic E-state index is 14.3. The molecule has 0 spiro atoms. The summed E-state index contributed by atoms with van der Waals surface area (Å²) in [7, 11) is 1.27. The minimum Gasteiger partial charge on any atom is -0.469 e. The first-order valence-electron chi connectivity index (χ1n) is 8.66. The van der Waals surface area contributed by atoms with Crippen molar-refractivity contribution in [3.8, 4) is 0 Å². The third-order valence-corrected chi connectivity index (χ3v) is 5.12. The van der Waals surface area contributed by atoms with Crippen molar-refractivity contribution >= 4 is 35.1 Å². The van der Waals surface area contributed by atoms with Crippen molar-refractivity contribution in [3.05, 3.63) is 81.6 Å². The first-order chi connectivity index (χ1) is 13.4. The van der Waals surface area contributed by atoms with Crippen LogP contribution in [0.4, 0.5) is 4.39 Å². The molecule has 2 aromatic rings. The quantitative estimate of drug-likeness (QED) is 0.558. The van der Waals surface area contributed by atoms with Gasteiger partial charge in [0.05, 0.1) is 13.0 Å². The molecule has 0 fully saturated rings. The number of allylic oxidation sites excluding steroid dienone is 1. The molecule has 0 bridgehead atoms. The Morgan fingerprint density at radius 1 is 1.14 bits per heavy atom. The average molecular weight is 422 g/mol. The summed E-state index contributed by atoms with van der Waals surface area (Å²) in [5, 5.41) is 3.60. The number of methoxy groups -OCH3 is 1. The molecule has 3 atom stereocenters. The number of esters is 1. The van der Waals surface area contributed by atoms with Crippen molar-refractivity contribution in [2.75, 3.05) is 7.11 Å². The fourth-order valence-corrected chi connectivity index (χ4v) is 3.93. The van der Waals surface area contributed by atoms with E-state index in [0.29, 0.717) is 22.0 Å². The van der Waals surface area contributed by atoms with E-state index >= 15 is 0 Å². The Kier molecular flexibility index (Phi) is 6.37. The molecule has 1 aliphatic carbocycles. The van der Waals surface area contributed by atoms with Crippen molar-refractivity contribution in [2.45, 2.75) is 18.4 Å². The molecular formula is C21H18Cl2FNO3. The molecule has 0 aromatic heterocycles. The zero-order valence-corrected chi connectivity index (χ0v) is 16.5. The molecule has 0 saturated carbocycles. The van der Waals surface area contributed by atoms with Gasteiger partial charge < -0.3 is 10.1 Å². The molecule has 0 radical (unpaired) electrons. The van der Waals surface area contributed by atoms with Crippen LogP contribution in [0.15, 0.2) is 54.6 Å². The van der Waals surface area contributed by atoms with Gasteiger partial charge in [-0.05, 0) is 36.6 Å². The summed E-state index contributed by atoms with van der Waals surface area (Å²) in [4.78, 5) is 24.8. The van der Waals surface area contributed by atoms with Gasteiger partial charge in [-0.3, -0.25) is 9.59 Å². The molecule has 1 aliphatic rings. The fraction of sp³-hybridized carbons (Fsp3) is 0.238. The number of rotatable bonds is 5. The zero-order valence-electron chi connectivity index (χ0n) is 15.0. The van der Waals surface area contributed by atoms with Crippen LogP contribution >= 0.6 is 23.2 Å². The zero-order chi connectivity index (χ0) is 20.3. The maximum absolute atomic E-state index is 14.3. The van der Waals surface area contributed by atoms with Crippen molar-refractivity contribution in [2.24, 2.45) is 5.92 Å². The summed E-state index contributed by atoms with van der Waals surface area (Å²) in [6, 6.07) is 10.4. The lowest BCUT2D eigenvalue weighted by molar-refractivity contribution is -0.143. The molecule has 4 nitrogen and oxygen atoms in total. The largest absolute Gasteiger partial charge is 0.469 e. The van der Waals surface area contributed by atoms with Crippen LogP contribution in [-0.2, 0) is 9.53 Å². The fourth-order valence-electron chi connectivity index (χ4n) is 3.40. The van der Waals surface area contributed by atoms with E-state index in [0.717, 1.165) is 0 Å². The lowest BCUT2D eigenvalue weighted by atomic mass is 9.85. The number of carbonyl (C=O) groups excluding carboxylic acids is 2. The van der Waals surface area contributed by atoms with Crippen molar-refractivity contribution in [1.29, 1.82) is 0 Å². The minimum atomic E-state index is -0.787. The van der Waals surface area contributed by atoms with Gasteiger partial charge in [-0.2, -0.15) is 0 Å². The average Bonchev–Trinajstić information content (AvgIpc) is 3.10. The van der Waals surface area contributed by atoms with Gasteiger partial charge >= 0.3 is 5.97 Å². The topological polar surface area (TPSA) is 55.4 Å². The van der Waals surface area contributed by atoms with Crippen molar-refractivity contribution in [3.63, 3.8) is 0 Å². The first-order valence-corrected chi connectivity index (χ1v) is 9.42. The van der Waals surface area contributed by atoms with Gasteiger partial charge in [-0.1, -0.05) is 53.6 Å². The molecule has 3 rings (SSSR count). The van der Waals surface area contributed by atoms with E-state index in [1.165, 1.54) is 25.3 Å². The molecule has 146 valence electrons. The Labute approximate surface area is 172 Å². The SMILES string of the molecule is COC(=O)[C@H](c1ccccc1F)[C@H]1C=C[C@@H](NC(=O)c2cc(Cl)cc(Cl)c2)C1. The highest BCUT2D eigenvalue weighted by atomic mass is 35.5. The maximum Gasteiger partial charge on any atom is 0.313 e. The van der Waals surface area contributed by atoms with Crippen molar-refractivity contribution in [1.82, 2.24) is 5.32 Å². The normalized spacial score (nSPS) is 19.3. The highest BCUT2D eigenvalue weighted by molar-refractivity contribution is 6.35. The predicted octanol–water partition coefficient (Wildman–Crippen LogP) is 4.76. The number of halogens is 3. The van der Waals surface area contributed by atoms with Gasteiger partial charge in [0.15, 0.2) is 0 Å². The Bertz CT molecular complexity index is 911. The number of carbonyl (C=O) groups is 2. The molecule has 0 aliphatic heterocycles. The summed E-state index contributed by atoms with van der Waals surface area (Å²) < 4.78 is 19.2. The van der Waals surface area contributed by atoms with E-state index in [1.807, 2.05) is 6.08 Å². The Hall–Kier alpha value is -2.37. The summed E-state index contributed by atoms with van der Waals surface area (Å²) in [5.41, 5.74) is 0.616. The van der Waals surface area contributed by atoms with Gasteiger partial charge in [0.2, 0.25) is 0 Å². The molecule has 0 saturated heterocycles. The molecule has 0 heterocycles. The van der Waals surface area contributed by atoms with E-state index in [9.17, 15) is 14.0 Å². The summed E-state index contributed by atoms with van der Waals surface area (Å²) in [6.07, 6.45) is 4.05. The van der Waals surface area contributed by atoms with E-state index < -0.39 is 17.7 Å². The predicted molar refractivity (Wildman–Crippen MR) is 106 cm³/mol. The molecule has 7 heteroatoms. The van der Waals surface area contributed by atoms with E-state index in [1.54, 1.807) is 30.3 Å². The molecular weight excluding hydrogens is 404 g/mol. The van der Waals surface area contributed by atoms with Crippen LogP contribution in [0, 0.1) is 11.7 Å². The second-order valence-electron chi connectivity index (χ2n) is 6.54. The van der Waals surface area contributed by atoms with E-state index in [-0.39, 0.29) is 23.4 Å². The number of amides is 1. The Balaban J connectivity index is 1.74. The number of benzene rings is 2. The Morgan fingerprint density at radius 3 is 2.46 bits per heavy atom. The van der Waals surface area contributed by atoms with Gasteiger partial charge in [0.25, 0.3) is 5.91 Å². The van der Waals surface area contributed by atoms with E-state index in [2.05, 4.69) is 5.32 Å². The third-order valence-electron chi connectivity index (χ3n) is 4.68. The molecule has 1 N–H and O–H groups in total.